The molecule has 0 spiro atoms. The minimum absolute atomic E-state index is 0.112. The van der Waals surface area contributed by atoms with Crippen LogP contribution in [-0.2, 0) is 6.54 Å². The number of carbonyl (C=O) groups excluding carboxylic acids is 1. The maximum atomic E-state index is 12.7. The molecule has 6 nitrogen and oxygen atoms in total. The van der Waals surface area contributed by atoms with Crippen LogP contribution in [0.25, 0.3) is 0 Å². The van der Waals surface area contributed by atoms with Crippen molar-refractivity contribution in [2.75, 3.05) is 13.2 Å². The van der Waals surface area contributed by atoms with Crippen molar-refractivity contribution in [3.05, 3.63) is 77.9 Å². The van der Waals surface area contributed by atoms with E-state index in [4.69, 9.17) is 9.47 Å². The molecule has 0 aliphatic rings. The number of ether oxygens (including phenoxy) is 2. The number of benzene rings is 2. The first-order chi connectivity index (χ1) is 14.1. The second-order valence-corrected chi connectivity index (χ2v) is 6.70. The number of rotatable bonds is 9. The highest BCUT2D eigenvalue weighted by molar-refractivity contribution is 5.94. The molecule has 0 bridgehead atoms. The van der Waals surface area contributed by atoms with Crippen molar-refractivity contribution < 1.29 is 14.3 Å². The van der Waals surface area contributed by atoms with Gasteiger partial charge in [-0.05, 0) is 56.2 Å². The highest BCUT2D eigenvalue weighted by Gasteiger charge is 2.14. The Bertz CT molecular complexity index is 921. The summed E-state index contributed by atoms with van der Waals surface area (Å²) >= 11 is 0. The average Bonchev–Trinajstić information content (AvgIpc) is 3.23. The second kappa shape index (κ2) is 9.78. The molecule has 0 saturated carbocycles. The summed E-state index contributed by atoms with van der Waals surface area (Å²) in [7, 11) is 0. The molecule has 6 heteroatoms. The summed E-state index contributed by atoms with van der Waals surface area (Å²) < 4.78 is 13.3. The predicted octanol–water partition coefficient (Wildman–Crippen LogP) is 4.22. The number of aromatic nitrogens is 2. The monoisotopic (exact) mass is 393 g/mol. The molecule has 29 heavy (non-hydrogen) atoms. The molecule has 1 amide bonds. The number of imidazole rings is 1. The van der Waals surface area contributed by atoms with Crippen LogP contribution in [0.4, 0.5) is 0 Å². The first kappa shape index (κ1) is 20.5. The normalized spacial score (nSPS) is 11.7. The van der Waals surface area contributed by atoms with Gasteiger partial charge in [0.25, 0.3) is 5.91 Å². The van der Waals surface area contributed by atoms with Crippen LogP contribution in [0, 0.1) is 0 Å². The molecule has 0 fully saturated rings. The van der Waals surface area contributed by atoms with Crippen LogP contribution in [0.3, 0.4) is 0 Å². The summed E-state index contributed by atoms with van der Waals surface area (Å²) in [6.45, 7) is 7.68. The van der Waals surface area contributed by atoms with Gasteiger partial charge in [-0.2, -0.15) is 0 Å². The number of nitrogens with one attached hydrogen (secondary N) is 1. The van der Waals surface area contributed by atoms with Gasteiger partial charge in [-0.25, -0.2) is 4.98 Å². The number of amides is 1. The molecule has 0 aliphatic carbocycles. The standard InChI is InChI=1S/C23H27N3O3/c1-4-28-21-11-10-20(14-22(21)29-5-2)17(3)25-23(27)19-8-6-18(7-9-19)15-26-13-12-24-16-26/h6-14,16-17H,4-5,15H2,1-3H3,(H,25,27)/t17-/m0/s1. The Morgan fingerprint density at radius 2 is 1.79 bits per heavy atom. The number of carbonyl (C=O) groups is 1. The van der Waals surface area contributed by atoms with Crippen molar-refractivity contribution in [1.29, 1.82) is 0 Å². The predicted molar refractivity (Wildman–Crippen MR) is 112 cm³/mol. The molecule has 0 saturated heterocycles. The fourth-order valence-electron chi connectivity index (χ4n) is 3.05. The van der Waals surface area contributed by atoms with E-state index in [1.165, 1.54) is 0 Å². The zero-order valence-corrected chi connectivity index (χ0v) is 17.1. The first-order valence-electron chi connectivity index (χ1n) is 9.85. The van der Waals surface area contributed by atoms with E-state index in [1.807, 2.05) is 74.0 Å². The van der Waals surface area contributed by atoms with Gasteiger partial charge in [-0.15, -0.1) is 0 Å². The largest absolute Gasteiger partial charge is 0.490 e. The van der Waals surface area contributed by atoms with Crippen LogP contribution in [0.15, 0.2) is 61.2 Å². The zero-order chi connectivity index (χ0) is 20.6. The number of hydrogen-bond donors (Lipinski definition) is 1. The Kier molecular flexibility index (Phi) is 6.89. The summed E-state index contributed by atoms with van der Waals surface area (Å²) in [6.07, 6.45) is 5.44. The topological polar surface area (TPSA) is 65.4 Å². The molecular formula is C23H27N3O3. The van der Waals surface area contributed by atoms with E-state index in [0.717, 1.165) is 17.7 Å². The van der Waals surface area contributed by atoms with Gasteiger partial charge < -0.3 is 19.4 Å². The lowest BCUT2D eigenvalue weighted by atomic mass is 10.1. The van der Waals surface area contributed by atoms with Crippen LogP contribution in [0.5, 0.6) is 11.5 Å². The first-order valence-corrected chi connectivity index (χ1v) is 9.85. The molecule has 1 aromatic heterocycles. The summed E-state index contributed by atoms with van der Waals surface area (Å²) in [5.41, 5.74) is 2.70. The molecule has 0 radical (unpaired) electrons. The fourth-order valence-corrected chi connectivity index (χ4v) is 3.05. The Morgan fingerprint density at radius 1 is 1.07 bits per heavy atom. The molecule has 1 heterocycles. The maximum absolute atomic E-state index is 12.7. The smallest absolute Gasteiger partial charge is 0.251 e. The van der Waals surface area contributed by atoms with Crippen molar-refractivity contribution in [2.45, 2.75) is 33.4 Å². The third-order valence-electron chi connectivity index (χ3n) is 4.56. The van der Waals surface area contributed by atoms with Crippen molar-refractivity contribution in [1.82, 2.24) is 14.9 Å². The number of nitrogens with zero attached hydrogens (tertiary/aromatic N) is 2. The van der Waals surface area contributed by atoms with E-state index in [1.54, 1.807) is 12.5 Å². The van der Waals surface area contributed by atoms with Crippen molar-refractivity contribution in [3.63, 3.8) is 0 Å². The average molecular weight is 393 g/mol. The highest BCUT2D eigenvalue weighted by atomic mass is 16.5. The molecule has 3 aromatic rings. The van der Waals surface area contributed by atoms with Crippen LogP contribution in [0.1, 0.15) is 48.3 Å². The van der Waals surface area contributed by atoms with Crippen molar-refractivity contribution in [3.8, 4) is 11.5 Å². The Balaban J connectivity index is 1.66. The molecule has 1 N–H and O–H groups in total. The summed E-state index contributed by atoms with van der Waals surface area (Å²) in [6, 6.07) is 13.2. The van der Waals surface area contributed by atoms with E-state index in [9.17, 15) is 4.79 Å². The van der Waals surface area contributed by atoms with Crippen molar-refractivity contribution in [2.24, 2.45) is 0 Å². The van der Waals surface area contributed by atoms with Crippen LogP contribution >= 0.6 is 0 Å². The lowest BCUT2D eigenvalue weighted by Gasteiger charge is -2.17. The second-order valence-electron chi connectivity index (χ2n) is 6.70. The quantitative estimate of drug-likeness (QED) is 0.591. The minimum atomic E-state index is -0.164. The molecule has 2 aromatic carbocycles. The molecule has 152 valence electrons. The van der Waals surface area contributed by atoms with E-state index in [-0.39, 0.29) is 11.9 Å². The lowest BCUT2D eigenvalue weighted by molar-refractivity contribution is 0.0940. The maximum Gasteiger partial charge on any atom is 0.251 e. The van der Waals surface area contributed by atoms with Gasteiger partial charge in [-0.3, -0.25) is 4.79 Å². The molecular weight excluding hydrogens is 366 g/mol. The van der Waals surface area contributed by atoms with E-state index in [2.05, 4.69) is 10.3 Å². The third-order valence-corrected chi connectivity index (χ3v) is 4.56. The molecule has 3 rings (SSSR count). The Hall–Kier alpha value is -3.28. The molecule has 0 unspecified atom stereocenters. The summed E-state index contributed by atoms with van der Waals surface area (Å²) in [4.78, 5) is 16.7. The van der Waals surface area contributed by atoms with Gasteiger partial charge >= 0.3 is 0 Å². The van der Waals surface area contributed by atoms with Crippen molar-refractivity contribution >= 4 is 5.91 Å². The molecule has 1 atom stereocenters. The third kappa shape index (κ3) is 5.38. The van der Waals surface area contributed by atoms with E-state index in [0.29, 0.717) is 30.3 Å². The zero-order valence-electron chi connectivity index (χ0n) is 17.1. The van der Waals surface area contributed by atoms with Gasteiger partial charge in [0.1, 0.15) is 0 Å². The van der Waals surface area contributed by atoms with Crippen LogP contribution < -0.4 is 14.8 Å². The molecule has 0 aliphatic heterocycles. The van der Waals surface area contributed by atoms with Gasteiger partial charge in [0.05, 0.1) is 25.6 Å². The van der Waals surface area contributed by atoms with Gasteiger partial charge in [0.15, 0.2) is 11.5 Å². The van der Waals surface area contributed by atoms with Crippen LogP contribution in [0.2, 0.25) is 0 Å². The fraction of sp³-hybridized carbons (Fsp3) is 0.304. The van der Waals surface area contributed by atoms with E-state index < -0.39 is 0 Å². The van der Waals surface area contributed by atoms with Gasteiger partial charge in [0, 0.05) is 24.5 Å². The summed E-state index contributed by atoms with van der Waals surface area (Å²) in [5, 5.41) is 3.05. The Morgan fingerprint density at radius 3 is 2.45 bits per heavy atom. The lowest BCUT2D eigenvalue weighted by Crippen LogP contribution is -2.26. The van der Waals surface area contributed by atoms with Gasteiger partial charge in [0.2, 0.25) is 0 Å². The Labute approximate surface area is 171 Å². The van der Waals surface area contributed by atoms with E-state index >= 15 is 0 Å². The summed E-state index contributed by atoms with van der Waals surface area (Å²) in [5.74, 6) is 1.29. The SMILES string of the molecule is CCOc1ccc([C@H](C)NC(=O)c2ccc(Cn3ccnc3)cc2)cc1OCC. The van der Waals surface area contributed by atoms with Gasteiger partial charge in [-0.1, -0.05) is 18.2 Å². The highest BCUT2D eigenvalue weighted by Crippen LogP contribution is 2.30. The minimum Gasteiger partial charge on any atom is -0.490 e. The van der Waals surface area contributed by atoms with Crippen LogP contribution in [-0.4, -0.2) is 28.7 Å². The number of hydrogen-bond acceptors (Lipinski definition) is 4.